The number of likely N-dealkylation sites (tertiary alicyclic amines) is 1. The van der Waals surface area contributed by atoms with Crippen molar-refractivity contribution in [3.63, 3.8) is 0 Å². The maximum absolute atomic E-state index is 10.7. The highest BCUT2D eigenvalue weighted by Crippen LogP contribution is 2.24. The van der Waals surface area contributed by atoms with E-state index in [1.165, 1.54) is 6.20 Å². The Morgan fingerprint density at radius 3 is 2.79 bits per heavy atom. The minimum atomic E-state index is -1.02. The Labute approximate surface area is 111 Å². The van der Waals surface area contributed by atoms with E-state index in [1.54, 1.807) is 4.68 Å². The van der Waals surface area contributed by atoms with Crippen LogP contribution in [-0.4, -0.2) is 63.8 Å². The Bertz CT molecular complexity index is 450. The number of aromatic carboxylic acids is 1. The fraction of sp³-hybridized carbons (Fsp3) is 0.750. The maximum atomic E-state index is 10.7. The molecule has 0 aromatic carbocycles. The average Bonchev–Trinajstić information content (AvgIpc) is 2.84. The van der Waals surface area contributed by atoms with Gasteiger partial charge in [0.1, 0.15) is 0 Å². The van der Waals surface area contributed by atoms with Crippen molar-refractivity contribution in [2.24, 2.45) is 5.92 Å². The molecule has 2 saturated heterocycles. The van der Waals surface area contributed by atoms with E-state index in [0.29, 0.717) is 0 Å². The van der Waals surface area contributed by atoms with Crippen LogP contribution in [0.15, 0.2) is 6.20 Å². The number of carboxylic acids is 1. The summed E-state index contributed by atoms with van der Waals surface area (Å²) in [7, 11) is 0. The number of carboxylic acid groups (broad SMARTS) is 1. The van der Waals surface area contributed by atoms with Crippen molar-refractivity contribution in [2.75, 3.05) is 32.8 Å². The molecule has 0 radical (unpaired) electrons. The molecule has 0 bridgehead atoms. The molecule has 19 heavy (non-hydrogen) atoms. The Morgan fingerprint density at radius 2 is 2.16 bits per heavy atom. The largest absolute Gasteiger partial charge is 0.476 e. The lowest BCUT2D eigenvalue weighted by molar-refractivity contribution is 0.0253. The van der Waals surface area contributed by atoms with Gasteiger partial charge in [-0.1, -0.05) is 5.21 Å². The summed E-state index contributed by atoms with van der Waals surface area (Å²) in [4.78, 5) is 13.1. The highest BCUT2D eigenvalue weighted by atomic mass is 16.5. The predicted molar refractivity (Wildman–Crippen MR) is 66.0 cm³/mol. The predicted octanol–water partition coefficient (Wildman–Crippen LogP) is 0.260. The van der Waals surface area contributed by atoms with Crippen LogP contribution < -0.4 is 0 Å². The van der Waals surface area contributed by atoms with Crippen LogP contribution in [-0.2, 0) is 4.74 Å². The van der Waals surface area contributed by atoms with E-state index in [4.69, 9.17) is 9.84 Å². The van der Waals surface area contributed by atoms with E-state index in [1.807, 2.05) is 0 Å². The molecule has 7 nitrogen and oxygen atoms in total. The Balaban J connectivity index is 1.47. The van der Waals surface area contributed by atoms with E-state index >= 15 is 0 Å². The van der Waals surface area contributed by atoms with Crippen molar-refractivity contribution in [1.29, 1.82) is 0 Å². The molecule has 0 aliphatic carbocycles. The standard InChI is InChI=1S/C12H18N4O3/c17-12(18)11-8-16(14-13-11)10-6-15(7-10)5-9-1-3-19-4-2-9/h8-10H,1-7H2,(H,17,18). The number of hydrogen-bond acceptors (Lipinski definition) is 5. The highest BCUT2D eigenvalue weighted by Gasteiger charge is 2.31. The van der Waals surface area contributed by atoms with Gasteiger partial charge in [0.15, 0.2) is 5.69 Å². The zero-order valence-electron chi connectivity index (χ0n) is 10.7. The van der Waals surface area contributed by atoms with E-state index in [-0.39, 0.29) is 11.7 Å². The molecule has 3 heterocycles. The third kappa shape index (κ3) is 2.76. The molecule has 1 N–H and O–H groups in total. The Kier molecular flexibility index (Phi) is 3.48. The van der Waals surface area contributed by atoms with Crippen molar-refractivity contribution in [3.8, 4) is 0 Å². The Hall–Kier alpha value is -1.47. The summed E-state index contributed by atoms with van der Waals surface area (Å²) in [6, 6.07) is 0.264. The van der Waals surface area contributed by atoms with Gasteiger partial charge in [-0.25, -0.2) is 9.48 Å². The summed E-state index contributed by atoms with van der Waals surface area (Å²) < 4.78 is 7.02. The second-order valence-electron chi connectivity index (χ2n) is 5.32. The van der Waals surface area contributed by atoms with Gasteiger partial charge in [-0.05, 0) is 18.8 Å². The van der Waals surface area contributed by atoms with Crippen LogP contribution in [0, 0.1) is 5.92 Å². The van der Waals surface area contributed by atoms with Gasteiger partial charge in [-0.3, -0.25) is 4.90 Å². The fourth-order valence-electron chi connectivity index (χ4n) is 2.71. The quantitative estimate of drug-likeness (QED) is 0.842. The molecule has 2 aliphatic heterocycles. The lowest BCUT2D eigenvalue weighted by Crippen LogP contribution is -2.50. The summed E-state index contributed by atoms with van der Waals surface area (Å²) >= 11 is 0. The fourth-order valence-corrected chi connectivity index (χ4v) is 2.71. The van der Waals surface area contributed by atoms with Crippen molar-refractivity contribution in [1.82, 2.24) is 19.9 Å². The minimum Gasteiger partial charge on any atom is -0.476 e. The van der Waals surface area contributed by atoms with Gasteiger partial charge in [0.2, 0.25) is 0 Å². The summed E-state index contributed by atoms with van der Waals surface area (Å²) in [5, 5.41) is 16.3. The molecule has 7 heteroatoms. The van der Waals surface area contributed by atoms with Crippen molar-refractivity contribution >= 4 is 5.97 Å². The summed E-state index contributed by atoms with van der Waals surface area (Å²) in [5.41, 5.74) is 0.0166. The number of hydrogen-bond donors (Lipinski definition) is 1. The van der Waals surface area contributed by atoms with Crippen LogP contribution in [0.3, 0.4) is 0 Å². The number of aromatic nitrogens is 3. The van der Waals surface area contributed by atoms with Gasteiger partial charge >= 0.3 is 5.97 Å². The topological polar surface area (TPSA) is 80.5 Å². The summed E-state index contributed by atoms with van der Waals surface area (Å²) in [6.45, 7) is 4.74. The number of carbonyl (C=O) groups is 1. The van der Waals surface area contributed by atoms with Gasteiger partial charge < -0.3 is 9.84 Å². The van der Waals surface area contributed by atoms with Gasteiger partial charge in [-0.2, -0.15) is 0 Å². The normalized spacial score (nSPS) is 22.3. The van der Waals surface area contributed by atoms with Crippen molar-refractivity contribution in [3.05, 3.63) is 11.9 Å². The Morgan fingerprint density at radius 1 is 1.42 bits per heavy atom. The zero-order valence-corrected chi connectivity index (χ0v) is 10.7. The van der Waals surface area contributed by atoms with Gasteiger partial charge in [0, 0.05) is 32.8 Å². The lowest BCUT2D eigenvalue weighted by atomic mass is 9.97. The zero-order chi connectivity index (χ0) is 13.2. The molecule has 1 aromatic heterocycles. The maximum Gasteiger partial charge on any atom is 0.358 e. The molecule has 3 rings (SSSR count). The summed E-state index contributed by atoms with van der Waals surface area (Å²) in [5.74, 6) is -0.287. The number of rotatable bonds is 4. The van der Waals surface area contributed by atoms with Gasteiger partial charge in [-0.15, -0.1) is 5.10 Å². The van der Waals surface area contributed by atoms with Crippen LogP contribution in [0.1, 0.15) is 29.4 Å². The molecule has 0 spiro atoms. The number of ether oxygens (including phenoxy) is 1. The third-order valence-electron chi connectivity index (χ3n) is 3.90. The molecule has 0 unspecified atom stereocenters. The van der Waals surface area contributed by atoms with Crippen LogP contribution in [0.4, 0.5) is 0 Å². The monoisotopic (exact) mass is 266 g/mol. The van der Waals surface area contributed by atoms with Crippen molar-refractivity contribution < 1.29 is 14.6 Å². The first-order chi connectivity index (χ1) is 9.22. The molecule has 0 saturated carbocycles. The second-order valence-corrected chi connectivity index (χ2v) is 5.32. The van der Waals surface area contributed by atoms with E-state index in [0.717, 1.165) is 51.6 Å². The van der Waals surface area contributed by atoms with Gasteiger partial charge in [0.25, 0.3) is 0 Å². The lowest BCUT2D eigenvalue weighted by Gasteiger charge is -2.41. The molecule has 2 aliphatic rings. The first-order valence-corrected chi connectivity index (χ1v) is 6.67. The first kappa shape index (κ1) is 12.6. The van der Waals surface area contributed by atoms with Crippen LogP contribution in [0.2, 0.25) is 0 Å². The minimum absolute atomic E-state index is 0.0166. The molecule has 104 valence electrons. The number of nitrogens with zero attached hydrogens (tertiary/aromatic N) is 4. The highest BCUT2D eigenvalue weighted by molar-refractivity contribution is 5.84. The SMILES string of the molecule is O=C(O)c1cn(C2CN(CC3CCOCC3)C2)nn1. The second kappa shape index (κ2) is 5.26. The summed E-state index contributed by atoms with van der Waals surface area (Å²) in [6.07, 6.45) is 3.81. The molecular formula is C12H18N4O3. The molecule has 1 aromatic rings. The third-order valence-corrected chi connectivity index (χ3v) is 3.90. The van der Waals surface area contributed by atoms with Crippen molar-refractivity contribution in [2.45, 2.75) is 18.9 Å². The van der Waals surface area contributed by atoms with Gasteiger partial charge in [0.05, 0.1) is 12.2 Å². The van der Waals surface area contributed by atoms with Crippen LogP contribution in [0.25, 0.3) is 0 Å². The molecule has 0 atom stereocenters. The van der Waals surface area contributed by atoms with E-state index in [9.17, 15) is 4.79 Å². The smallest absolute Gasteiger partial charge is 0.358 e. The molecule has 2 fully saturated rings. The van der Waals surface area contributed by atoms with E-state index < -0.39 is 5.97 Å². The first-order valence-electron chi connectivity index (χ1n) is 6.67. The van der Waals surface area contributed by atoms with E-state index in [2.05, 4.69) is 15.2 Å². The van der Waals surface area contributed by atoms with Crippen LogP contribution >= 0.6 is 0 Å². The molecule has 0 amide bonds. The van der Waals surface area contributed by atoms with Crippen LogP contribution in [0.5, 0.6) is 0 Å². The average molecular weight is 266 g/mol. The molecular weight excluding hydrogens is 248 g/mol.